The summed E-state index contributed by atoms with van der Waals surface area (Å²) < 4.78 is 12.8. The maximum absolute atomic E-state index is 12.9. The summed E-state index contributed by atoms with van der Waals surface area (Å²) in [7, 11) is 0. The molecule has 5 rings (SSSR count). The molecule has 3 aromatic carbocycles. The van der Waals surface area contributed by atoms with Gasteiger partial charge in [0.1, 0.15) is 11.0 Å². The van der Waals surface area contributed by atoms with Crippen LogP contribution in [0.5, 0.6) is 0 Å². The molecular formula is C24H16BrNO3. The number of benzene rings is 3. The van der Waals surface area contributed by atoms with E-state index in [1.54, 1.807) is 6.07 Å². The van der Waals surface area contributed by atoms with Crippen LogP contribution >= 0.6 is 15.9 Å². The van der Waals surface area contributed by atoms with Crippen LogP contribution in [-0.4, -0.2) is 0 Å². The van der Waals surface area contributed by atoms with Crippen LogP contribution in [0.3, 0.4) is 0 Å². The van der Waals surface area contributed by atoms with E-state index >= 15 is 0 Å². The minimum atomic E-state index is -0.409. The van der Waals surface area contributed by atoms with Gasteiger partial charge in [0, 0.05) is 11.0 Å². The summed E-state index contributed by atoms with van der Waals surface area (Å²) in [6.45, 7) is 0.577. The summed E-state index contributed by atoms with van der Waals surface area (Å²) in [5, 5.41) is 4.58. The van der Waals surface area contributed by atoms with E-state index in [0.717, 1.165) is 21.0 Å². The summed E-state index contributed by atoms with van der Waals surface area (Å²) in [5.41, 5.74) is 3.34. The maximum atomic E-state index is 12.9. The smallest absolute Gasteiger partial charge is 0.348 e. The van der Waals surface area contributed by atoms with Gasteiger partial charge >= 0.3 is 5.63 Å². The lowest BCUT2D eigenvalue weighted by atomic mass is 10.0. The van der Waals surface area contributed by atoms with Crippen LogP contribution in [0.1, 0.15) is 5.56 Å². The normalized spacial score (nSPS) is 11.2. The fourth-order valence-electron chi connectivity index (χ4n) is 3.50. The molecule has 0 saturated carbocycles. The minimum Gasteiger partial charge on any atom is -0.439 e. The van der Waals surface area contributed by atoms with Crippen molar-refractivity contribution >= 4 is 43.8 Å². The third kappa shape index (κ3) is 3.23. The zero-order chi connectivity index (χ0) is 19.8. The first kappa shape index (κ1) is 17.8. The largest absolute Gasteiger partial charge is 0.439 e. The second kappa shape index (κ2) is 7.26. The van der Waals surface area contributed by atoms with E-state index in [9.17, 15) is 4.79 Å². The highest BCUT2D eigenvalue weighted by atomic mass is 79.9. The number of rotatable bonds is 4. The van der Waals surface area contributed by atoms with Gasteiger partial charge in [0.2, 0.25) is 5.88 Å². The Morgan fingerprint density at radius 3 is 2.34 bits per heavy atom. The molecule has 0 atom stereocenters. The lowest BCUT2D eigenvalue weighted by molar-refractivity contribution is 0.565. The van der Waals surface area contributed by atoms with Gasteiger partial charge in [-0.05, 0) is 35.4 Å². The van der Waals surface area contributed by atoms with Gasteiger partial charge in [0.05, 0.1) is 10.9 Å². The molecule has 2 aromatic heterocycles. The Kier molecular flexibility index (Phi) is 4.45. The fourth-order valence-corrected chi connectivity index (χ4v) is 3.77. The molecule has 142 valence electrons. The molecule has 0 amide bonds. The maximum Gasteiger partial charge on any atom is 0.348 e. The number of furan rings is 1. The first-order chi connectivity index (χ1) is 14.2. The van der Waals surface area contributed by atoms with Crippen LogP contribution in [-0.2, 0) is 6.54 Å². The van der Waals surface area contributed by atoms with Gasteiger partial charge in [-0.2, -0.15) is 0 Å². The zero-order valence-corrected chi connectivity index (χ0v) is 16.9. The van der Waals surface area contributed by atoms with Crippen molar-refractivity contribution in [1.29, 1.82) is 0 Å². The quantitative estimate of drug-likeness (QED) is 0.317. The number of nitrogens with one attached hydrogen (secondary N) is 1. The fraction of sp³-hybridized carbons (Fsp3) is 0.0417. The summed E-state index contributed by atoms with van der Waals surface area (Å²) in [6.07, 6.45) is 0. The topological polar surface area (TPSA) is 55.4 Å². The molecule has 0 saturated heterocycles. The summed E-state index contributed by atoms with van der Waals surface area (Å²) in [5.74, 6) is 0.551. The van der Waals surface area contributed by atoms with Crippen LogP contribution in [0.4, 0.5) is 5.88 Å². The first-order valence-corrected chi connectivity index (χ1v) is 10.0. The molecule has 5 heteroatoms. The molecular weight excluding hydrogens is 430 g/mol. The average Bonchev–Trinajstić information content (AvgIpc) is 3.14. The molecule has 0 aliphatic rings. The summed E-state index contributed by atoms with van der Waals surface area (Å²) in [6, 6.07) is 25.3. The Balaban J connectivity index is 1.74. The van der Waals surface area contributed by atoms with Crippen molar-refractivity contribution in [3.63, 3.8) is 0 Å². The molecule has 4 nitrogen and oxygen atoms in total. The molecule has 1 N–H and O–H groups in total. The molecule has 29 heavy (non-hydrogen) atoms. The van der Waals surface area contributed by atoms with Crippen LogP contribution in [0.25, 0.3) is 33.1 Å². The molecule has 0 unspecified atom stereocenters. The van der Waals surface area contributed by atoms with Crippen LogP contribution < -0.4 is 10.9 Å². The highest BCUT2D eigenvalue weighted by Crippen LogP contribution is 2.40. The highest BCUT2D eigenvalue weighted by Gasteiger charge is 2.22. The predicted molar refractivity (Wildman–Crippen MR) is 119 cm³/mol. The van der Waals surface area contributed by atoms with Crippen molar-refractivity contribution in [3.05, 3.63) is 99.3 Å². The number of anilines is 1. The van der Waals surface area contributed by atoms with Gasteiger partial charge in [0.15, 0.2) is 5.58 Å². The van der Waals surface area contributed by atoms with E-state index in [2.05, 4.69) is 21.2 Å². The van der Waals surface area contributed by atoms with Crippen molar-refractivity contribution < 1.29 is 8.83 Å². The molecule has 5 aromatic rings. The van der Waals surface area contributed by atoms with E-state index in [-0.39, 0.29) is 0 Å². The van der Waals surface area contributed by atoms with Crippen LogP contribution in [0.15, 0.2) is 97.0 Å². The van der Waals surface area contributed by atoms with E-state index in [4.69, 9.17) is 8.83 Å². The van der Waals surface area contributed by atoms with Crippen molar-refractivity contribution in [2.24, 2.45) is 0 Å². The van der Waals surface area contributed by atoms with Gasteiger partial charge < -0.3 is 14.2 Å². The van der Waals surface area contributed by atoms with E-state index in [1.807, 2.05) is 72.8 Å². The lowest BCUT2D eigenvalue weighted by Gasteiger charge is -2.07. The lowest BCUT2D eigenvalue weighted by Crippen LogP contribution is -2.01. The molecule has 0 radical (unpaired) electrons. The van der Waals surface area contributed by atoms with Crippen molar-refractivity contribution in [3.8, 4) is 11.1 Å². The molecule has 0 fully saturated rings. The van der Waals surface area contributed by atoms with Crippen molar-refractivity contribution in [1.82, 2.24) is 0 Å². The molecule has 2 heterocycles. The Hall–Kier alpha value is -3.31. The van der Waals surface area contributed by atoms with Crippen molar-refractivity contribution in [2.75, 3.05) is 5.32 Å². The summed E-state index contributed by atoms with van der Waals surface area (Å²) >= 11 is 3.47. The Labute approximate surface area is 174 Å². The zero-order valence-electron chi connectivity index (χ0n) is 15.3. The van der Waals surface area contributed by atoms with Gasteiger partial charge in [0.25, 0.3) is 0 Å². The number of para-hydroxylation sites is 1. The van der Waals surface area contributed by atoms with Gasteiger partial charge in [-0.3, -0.25) is 0 Å². The second-order valence-electron chi connectivity index (χ2n) is 6.74. The number of hydrogen-bond donors (Lipinski definition) is 1. The Morgan fingerprint density at radius 1 is 0.828 bits per heavy atom. The molecule has 0 aliphatic heterocycles. The van der Waals surface area contributed by atoms with E-state index < -0.39 is 5.63 Å². The van der Waals surface area contributed by atoms with Crippen LogP contribution in [0, 0.1) is 0 Å². The monoisotopic (exact) mass is 445 g/mol. The van der Waals surface area contributed by atoms with Gasteiger partial charge in [-0.25, -0.2) is 4.79 Å². The SMILES string of the molecule is O=c1oc2ccccc2c2oc(NCc3ccccc3)c(-c3ccc(Br)cc3)c12. The van der Waals surface area contributed by atoms with Crippen molar-refractivity contribution in [2.45, 2.75) is 6.54 Å². The molecule has 0 aliphatic carbocycles. The third-order valence-electron chi connectivity index (χ3n) is 4.88. The number of fused-ring (bicyclic) bond motifs is 3. The first-order valence-electron chi connectivity index (χ1n) is 9.23. The van der Waals surface area contributed by atoms with E-state index in [0.29, 0.717) is 34.5 Å². The van der Waals surface area contributed by atoms with Gasteiger partial charge in [-0.15, -0.1) is 0 Å². The number of hydrogen-bond acceptors (Lipinski definition) is 4. The van der Waals surface area contributed by atoms with E-state index in [1.165, 1.54) is 0 Å². The minimum absolute atomic E-state index is 0.409. The van der Waals surface area contributed by atoms with Gasteiger partial charge in [-0.1, -0.05) is 70.5 Å². The highest BCUT2D eigenvalue weighted by molar-refractivity contribution is 9.10. The average molecular weight is 446 g/mol. The Bertz CT molecular complexity index is 1370. The predicted octanol–water partition coefficient (Wildman–Crippen LogP) is 6.58. The summed E-state index contributed by atoms with van der Waals surface area (Å²) in [4.78, 5) is 12.9. The second-order valence-corrected chi connectivity index (χ2v) is 7.66. The molecule has 0 bridgehead atoms. The van der Waals surface area contributed by atoms with Crippen LogP contribution in [0.2, 0.25) is 0 Å². The Morgan fingerprint density at radius 2 is 1.55 bits per heavy atom. The third-order valence-corrected chi connectivity index (χ3v) is 5.40. The molecule has 0 spiro atoms. The standard InChI is InChI=1S/C24H16BrNO3/c25-17-12-10-16(11-13-17)20-21-22(18-8-4-5-9-19(18)28-24(21)27)29-23(20)26-14-15-6-2-1-3-7-15/h1-13,26H,14H2. The number of halogens is 1.